The van der Waals surface area contributed by atoms with Gasteiger partial charge in [0.05, 0.1) is 18.1 Å². The molecule has 15 heavy (non-hydrogen) atoms. The zero-order valence-electron chi connectivity index (χ0n) is 9.28. The van der Waals surface area contributed by atoms with E-state index in [1.807, 2.05) is 6.33 Å². The van der Waals surface area contributed by atoms with Crippen LogP contribution < -0.4 is 5.32 Å². The van der Waals surface area contributed by atoms with Crippen LogP contribution in [0.3, 0.4) is 0 Å². The summed E-state index contributed by atoms with van der Waals surface area (Å²) in [7, 11) is 0. The number of imidazole rings is 1. The summed E-state index contributed by atoms with van der Waals surface area (Å²) < 4.78 is 7.71. The van der Waals surface area contributed by atoms with Crippen LogP contribution in [0.2, 0.25) is 0 Å². The highest BCUT2D eigenvalue weighted by Gasteiger charge is 2.15. The van der Waals surface area contributed by atoms with Crippen molar-refractivity contribution < 1.29 is 4.74 Å². The highest BCUT2D eigenvalue weighted by Crippen LogP contribution is 2.13. The van der Waals surface area contributed by atoms with Crippen molar-refractivity contribution in [2.24, 2.45) is 0 Å². The van der Waals surface area contributed by atoms with Gasteiger partial charge in [-0.25, -0.2) is 4.98 Å². The predicted octanol–water partition coefficient (Wildman–Crippen LogP) is 1.17. The van der Waals surface area contributed by atoms with E-state index in [2.05, 4.69) is 28.0 Å². The number of hydrogen-bond donors (Lipinski definition) is 1. The largest absolute Gasteiger partial charge is 0.376 e. The van der Waals surface area contributed by atoms with E-state index >= 15 is 0 Å². The first-order chi connectivity index (χ1) is 7.38. The van der Waals surface area contributed by atoms with Crippen molar-refractivity contribution in [1.82, 2.24) is 14.9 Å². The van der Waals surface area contributed by atoms with E-state index in [9.17, 15) is 0 Å². The standard InChI is InChI=1S/C11H19N3O/c1-2-12-6-10-7-14(9-13-10)8-11-4-3-5-15-11/h7,9,11-12H,2-6,8H2,1H3. The Morgan fingerprint density at radius 3 is 3.33 bits per heavy atom. The lowest BCUT2D eigenvalue weighted by molar-refractivity contribution is 0.0970. The van der Waals surface area contributed by atoms with E-state index in [0.717, 1.165) is 31.9 Å². The van der Waals surface area contributed by atoms with E-state index in [4.69, 9.17) is 4.74 Å². The first-order valence-corrected chi connectivity index (χ1v) is 5.71. The van der Waals surface area contributed by atoms with Gasteiger partial charge >= 0.3 is 0 Å². The summed E-state index contributed by atoms with van der Waals surface area (Å²) in [6.07, 6.45) is 6.77. The van der Waals surface area contributed by atoms with E-state index in [-0.39, 0.29) is 0 Å². The van der Waals surface area contributed by atoms with Gasteiger partial charge in [-0.05, 0) is 19.4 Å². The fourth-order valence-electron chi connectivity index (χ4n) is 1.87. The van der Waals surface area contributed by atoms with Crippen molar-refractivity contribution in [3.05, 3.63) is 18.2 Å². The van der Waals surface area contributed by atoms with Gasteiger partial charge in [-0.1, -0.05) is 6.92 Å². The Kier molecular flexibility index (Phi) is 3.75. The molecule has 0 amide bonds. The van der Waals surface area contributed by atoms with E-state index in [1.165, 1.54) is 12.8 Å². The molecule has 1 fully saturated rings. The van der Waals surface area contributed by atoms with Crippen molar-refractivity contribution in [3.8, 4) is 0 Å². The summed E-state index contributed by atoms with van der Waals surface area (Å²) in [6.45, 7) is 5.81. The molecule has 1 N–H and O–H groups in total. The van der Waals surface area contributed by atoms with Crippen LogP contribution >= 0.6 is 0 Å². The van der Waals surface area contributed by atoms with Crippen LogP contribution in [0, 0.1) is 0 Å². The lowest BCUT2D eigenvalue weighted by atomic mass is 10.2. The molecule has 1 aliphatic rings. The summed E-state index contributed by atoms with van der Waals surface area (Å²) in [4.78, 5) is 4.34. The molecule has 1 saturated heterocycles. The zero-order chi connectivity index (χ0) is 10.5. The highest BCUT2D eigenvalue weighted by atomic mass is 16.5. The monoisotopic (exact) mass is 209 g/mol. The van der Waals surface area contributed by atoms with Gasteiger partial charge in [0.2, 0.25) is 0 Å². The van der Waals surface area contributed by atoms with E-state index < -0.39 is 0 Å². The molecule has 0 aliphatic carbocycles. The van der Waals surface area contributed by atoms with Crippen molar-refractivity contribution in [3.63, 3.8) is 0 Å². The first kappa shape index (κ1) is 10.6. The molecule has 1 atom stereocenters. The minimum atomic E-state index is 0.395. The average molecular weight is 209 g/mol. The molecule has 84 valence electrons. The maximum Gasteiger partial charge on any atom is 0.0950 e. The number of hydrogen-bond acceptors (Lipinski definition) is 3. The van der Waals surface area contributed by atoms with Crippen molar-refractivity contribution in [2.45, 2.75) is 39.0 Å². The van der Waals surface area contributed by atoms with Crippen molar-refractivity contribution in [2.75, 3.05) is 13.2 Å². The van der Waals surface area contributed by atoms with Gasteiger partial charge in [0.1, 0.15) is 0 Å². The fraction of sp³-hybridized carbons (Fsp3) is 0.727. The normalized spacial score (nSPS) is 21.0. The molecule has 0 spiro atoms. The summed E-state index contributed by atoms with van der Waals surface area (Å²) in [5, 5.41) is 3.26. The van der Waals surface area contributed by atoms with Gasteiger partial charge in [0.15, 0.2) is 0 Å². The molecule has 0 radical (unpaired) electrons. The third-order valence-electron chi connectivity index (χ3n) is 2.68. The van der Waals surface area contributed by atoms with Gasteiger partial charge in [0.25, 0.3) is 0 Å². The summed E-state index contributed by atoms with van der Waals surface area (Å²) >= 11 is 0. The third kappa shape index (κ3) is 3.04. The molecule has 0 saturated carbocycles. The maximum atomic E-state index is 5.58. The zero-order valence-corrected chi connectivity index (χ0v) is 9.28. The minimum Gasteiger partial charge on any atom is -0.376 e. The van der Waals surface area contributed by atoms with Gasteiger partial charge in [-0.15, -0.1) is 0 Å². The minimum absolute atomic E-state index is 0.395. The van der Waals surface area contributed by atoms with Crippen LogP contribution in [0.4, 0.5) is 0 Å². The molecule has 1 aromatic rings. The fourth-order valence-corrected chi connectivity index (χ4v) is 1.87. The Morgan fingerprint density at radius 1 is 1.67 bits per heavy atom. The van der Waals surface area contributed by atoms with Crippen molar-refractivity contribution >= 4 is 0 Å². The van der Waals surface area contributed by atoms with Gasteiger partial charge in [0, 0.05) is 25.9 Å². The Hall–Kier alpha value is -0.870. The van der Waals surface area contributed by atoms with Crippen LogP contribution in [0.25, 0.3) is 0 Å². The first-order valence-electron chi connectivity index (χ1n) is 5.71. The lowest BCUT2D eigenvalue weighted by Crippen LogP contribution is -2.14. The molecule has 4 heteroatoms. The Bertz CT molecular complexity index is 292. The average Bonchev–Trinajstić information content (AvgIpc) is 2.87. The van der Waals surface area contributed by atoms with Crippen LogP contribution in [-0.2, 0) is 17.8 Å². The molecule has 0 aromatic carbocycles. The predicted molar refractivity (Wildman–Crippen MR) is 58.6 cm³/mol. The van der Waals surface area contributed by atoms with Crippen molar-refractivity contribution in [1.29, 1.82) is 0 Å². The molecular formula is C11H19N3O. The third-order valence-corrected chi connectivity index (χ3v) is 2.68. The molecule has 1 unspecified atom stereocenters. The molecule has 4 nitrogen and oxygen atoms in total. The number of nitrogens with one attached hydrogen (secondary N) is 1. The smallest absolute Gasteiger partial charge is 0.0950 e. The number of aromatic nitrogens is 2. The second-order valence-electron chi connectivity index (χ2n) is 3.98. The van der Waals surface area contributed by atoms with Crippen LogP contribution in [-0.4, -0.2) is 28.8 Å². The molecule has 1 aliphatic heterocycles. The van der Waals surface area contributed by atoms with Crippen LogP contribution in [0.5, 0.6) is 0 Å². The van der Waals surface area contributed by atoms with Gasteiger partial charge in [-0.2, -0.15) is 0 Å². The summed E-state index contributed by atoms with van der Waals surface area (Å²) in [5.41, 5.74) is 1.11. The molecule has 2 rings (SSSR count). The molecular weight excluding hydrogens is 190 g/mol. The Morgan fingerprint density at radius 2 is 2.60 bits per heavy atom. The Labute approximate surface area is 90.6 Å². The second-order valence-corrected chi connectivity index (χ2v) is 3.98. The highest BCUT2D eigenvalue weighted by molar-refractivity contribution is 4.96. The molecule has 0 bridgehead atoms. The summed E-state index contributed by atoms with van der Waals surface area (Å²) in [5.74, 6) is 0. The topological polar surface area (TPSA) is 39.1 Å². The Balaban J connectivity index is 1.83. The van der Waals surface area contributed by atoms with Crippen LogP contribution in [0.15, 0.2) is 12.5 Å². The van der Waals surface area contributed by atoms with E-state index in [1.54, 1.807) is 0 Å². The van der Waals surface area contributed by atoms with Gasteiger partial charge in [-0.3, -0.25) is 0 Å². The summed E-state index contributed by atoms with van der Waals surface area (Å²) in [6, 6.07) is 0. The van der Waals surface area contributed by atoms with Crippen LogP contribution in [0.1, 0.15) is 25.5 Å². The van der Waals surface area contributed by atoms with E-state index in [0.29, 0.717) is 6.10 Å². The quantitative estimate of drug-likeness (QED) is 0.791. The lowest BCUT2D eigenvalue weighted by Gasteiger charge is -2.08. The number of ether oxygens (including phenoxy) is 1. The molecule has 1 aromatic heterocycles. The SMILES string of the molecule is CCNCc1cn(CC2CCCO2)cn1. The number of rotatable bonds is 5. The van der Waals surface area contributed by atoms with Gasteiger partial charge < -0.3 is 14.6 Å². The molecule has 2 heterocycles. The maximum absolute atomic E-state index is 5.58. The second kappa shape index (κ2) is 5.28. The number of nitrogens with zero attached hydrogens (tertiary/aromatic N) is 2.